The minimum atomic E-state index is -0.167. The predicted octanol–water partition coefficient (Wildman–Crippen LogP) is 1.15. The molecular formula is C11H23NO2. The first-order valence-corrected chi connectivity index (χ1v) is 5.57. The third-order valence-corrected chi connectivity index (χ3v) is 3.12. The van der Waals surface area contributed by atoms with Crippen molar-refractivity contribution in [1.29, 1.82) is 0 Å². The van der Waals surface area contributed by atoms with E-state index >= 15 is 0 Å². The minimum Gasteiger partial charge on any atom is -0.394 e. The van der Waals surface area contributed by atoms with Crippen LogP contribution in [0.3, 0.4) is 0 Å². The lowest BCUT2D eigenvalue weighted by atomic mass is 9.73. The van der Waals surface area contributed by atoms with Crippen LogP contribution in [0.2, 0.25) is 0 Å². The van der Waals surface area contributed by atoms with Crippen molar-refractivity contribution in [3.05, 3.63) is 0 Å². The quantitative estimate of drug-likeness (QED) is 0.717. The molecule has 0 saturated heterocycles. The van der Waals surface area contributed by atoms with Gasteiger partial charge in [-0.2, -0.15) is 0 Å². The number of aliphatic hydroxyl groups is 1. The summed E-state index contributed by atoms with van der Waals surface area (Å²) in [4.78, 5) is 0. The van der Waals surface area contributed by atoms with Crippen LogP contribution in [0.25, 0.3) is 0 Å². The molecule has 0 radical (unpaired) electrons. The van der Waals surface area contributed by atoms with Crippen LogP contribution in [0, 0.1) is 11.8 Å². The zero-order chi connectivity index (χ0) is 10.6. The average molecular weight is 201 g/mol. The molecule has 0 aromatic heterocycles. The van der Waals surface area contributed by atoms with E-state index in [0.29, 0.717) is 25.0 Å². The van der Waals surface area contributed by atoms with E-state index in [1.54, 1.807) is 0 Å². The van der Waals surface area contributed by atoms with Crippen LogP contribution in [0.15, 0.2) is 0 Å². The van der Waals surface area contributed by atoms with Gasteiger partial charge in [-0.1, -0.05) is 13.8 Å². The third-order valence-electron chi connectivity index (χ3n) is 3.12. The zero-order valence-electron chi connectivity index (χ0n) is 9.33. The lowest BCUT2D eigenvalue weighted by Crippen LogP contribution is -2.47. The number of aliphatic hydroxyl groups excluding tert-OH is 1. The maximum Gasteiger partial charge on any atom is 0.0810 e. The Bertz CT molecular complexity index is 163. The summed E-state index contributed by atoms with van der Waals surface area (Å²) in [7, 11) is 0. The van der Waals surface area contributed by atoms with E-state index in [2.05, 4.69) is 13.8 Å². The molecule has 1 aliphatic carbocycles. The summed E-state index contributed by atoms with van der Waals surface area (Å²) in [6, 6.07) is 0. The van der Waals surface area contributed by atoms with Crippen LogP contribution in [0.5, 0.6) is 0 Å². The average Bonchev–Trinajstić information content (AvgIpc) is 2.13. The molecule has 0 amide bonds. The molecule has 1 saturated carbocycles. The second kappa shape index (κ2) is 5.10. The molecule has 0 aromatic rings. The molecule has 0 aliphatic heterocycles. The van der Waals surface area contributed by atoms with Crippen molar-refractivity contribution in [1.82, 2.24) is 0 Å². The smallest absolute Gasteiger partial charge is 0.0810 e. The monoisotopic (exact) mass is 201 g/mol. The fourth-order valence-corrected chi connectivity index (χ4v) is 2.81. The lowest BCUT2D eigenvalue weighted by molar-refractivity contribution is -0.0949. The highest BCUT2D eigenvalue weighted by molar-refractivity contribution is 4.90. The topological polar surface area (TPSA) is 55.5 Å². The van der Waals surface area contributed by atoms with Crippen molar-refractivity contribution < 1.29 is 9.84 Å². The molecule has 1 rings (SSSR count). The second-order valence-electron chi connectivity index (χ2n) is 4.81. The Kier molecular flexibility index (Phi) is 4.35. The Balaban J connectivity index is 2.57. The first-order chi connectivity index (χ1) is 6.62. The standard InChI is InChI=1S/C11H23NO2/c1-9-5-10(2)7-11(6-9,8-12)14-4-3-13/h9-10,13H,3-8,12H2,1-2H3. The van der Waals surface area contributed by atoms with Gasteiger partial charge in [0.25, 0.3) is 0 Å². The minimum absolute atomic E-state index is 0.0878. The normalized spacial score (nSPS) is 38.6. The summed E-state index contributed by atoms with van der Waals surface area (Å²) in [5.41, 5.74) is 5.63. The maximum absolute atomic E-state index is 8.77. The third kappa shape index (κ3) is 2.94. The van der Waals surface area contributed by atoms with Crippen LogP contribution in [-0.4, -0.2) is 30.5 Å². The summed E-state index contributed by atoms with van der Waals surface area (Å²) >= 11 is 0. The highest BCUT2D eigenvalue weighted by atomic mass is 16.5. The highest BCUT2D eigenvalue weighted by Gasteiger charge is 2.37. The van der Waals surface area contributed by atoms with Crippen molar-refractivity contribution in [2.75, 3.05) is 19.8 Å². The number of nitrogens with two attached hydrogens (primary N) is 1. The van der Waals surface area contributed by atoms with Crippen LogP contribution >= 0.6 is 0 Å². The van der Waals surface area contributed by atoms with Gasteiger partial charge >= 0.3 is 0 Å². The zero-order valence-corrected chi connectivity index (χ0v) is 9.33. The Morgan fingerprint density at radius 1 is 1.36 bits per heavy atom. The predicted molar refractivity (Wildman–Crippen MR) is 57.0 cm³/mol. The van der Waals surface area contributed by atoms with Crippen molar-refractivity contribution >= 4 is 0 Å². The van der Waals surface area contributed by atoms with Gasteiger partial charge in [-0.15, -0.1) is 0 Å². The fraction of sp³-hybridized carbons (Fsp3) is 1.00. The summed E-state index contributed by atoms with van der Waals surface area (Å²) in [6.07, 6.45) is 3.34. The number of hydrogen-bond acceptors (Lipinski definition) is 3. The van der Waals surface area contributed by atoms with Crippen molar-refractivity contribution in [2.24, 2.45) is 17.6 Å². The van der Waals surface area contributed by atoms with E-state index in [9.17, 15) is 0 Å². The summed E-state index contributed by atoms with van der Waals surface area (Å²) in [6.45, 7) is 5.58. The number of ether oxygens (including phenoxy) is 1. The van der Waals surface area contributed by atoms with E-state index in [4.69, 9.17) is 15.6 Å². The van der Waals surface area contributed by atoms with Crippen molar-refractivity contribution in [3.63, 3.8) is 0 Å². The molecule has 3 heteroatoms. The van der Waals surface area contributed by atoms with Gasteiger partial charge in [-0.25, -0.2) is 0 Å². The summed E-state index contributed by atoms with van der Waals surface area (Å²) in [5.74, 6) is 1.36. The number of hydrogen-bond donors (Lipinski definition) is 2. The Morgan fingerprint density at radius 2 is 1.93 bits per heavy atom. The molecule has 2 atom stereocenters. The van der Waals surface area contributed by atoms with Gasteiger partial charge in [0, 0.05) is 6.54 Å². The molecule has 3 N–H and O–H groups in total. The van der Waals surface area contributed by atoms with Gasteiger partial charge in [0.2, 0.25) is 0 Å². The molecule has 84 valence electrons. The Morgan fingerprint density at radius 3 is 2.36 bits per heavy atom. The highest BCUT2D eigenvalue weighted by Crippen LogP contribution is 2.37. The van der Waals surface area contributed by atoms with Crippen LogP contribution in [0.4, 0.5) is 0 Å². The summed E-state index contributed by atoms with van der Waals surface area (Å²) < 4.78 is 5.73. The van der Waals surface area contributed by atoms with Crippen molar-refractivity contribution in [3.8, 4) is 0 Å². The molecule has 3 nitrogen and oxygen atoms in total. The van der Waals surface area contributed by atoms with Gasteiger partial charge in [0.05, 0.1) is 18.8 Å². The van der Waals surface area contributed by atoms with E-state index in [1.807, 2.05) is 0 Å². The molecule has 0 heterocycles. The molecule has 0 bridgehead atoms. The van der Waals surface area contributed by atoms with Gasteiger partial charge in [0.15, 0.2) is 0 Å². The lowest BCUT2D eigenvalue weighted by Gasteiger charge is -2.42. The van der Waals surface area contributed by atoms with E-state index < -0.39 is 0 Å². The largest absolute Gasteiger partial charge is 0.394 e. The first kappa shape index (κ1) is 12.0. The van der Waals surface area contributed by atoms with Gasteiger partial charge < -0.3 is 15.6 Å². The molecule has 0 aromatic carbocycles. The van der Waals surface area contributed by atoms with Gasteiger partial charge in [-0.05, 0) is 31.1 Å². The van der Waals surface area contributed by atoms with Gasteiger partial charge in [0.1, 0.15) is 0 Å². The molecule has 14 heavy (non-hydrogen) atoms. The van der Waals surface area contributed by atoms with Gasteiger partial charge in [-0.3, -0.25) is 0 Å². The molecular weight excluding hydrogens is 178 g/mol. The Labute approximate surface area is 86.6 Å². The van der Waals surface area contributed by atoms with E-state index in [0.717, 1.165) is 12.8 Å². The second-order valence-corrected chi connectivity index (χ2v) is 4.81. The van der Waals surface area contributed by atoms with Crippen LogP contribution < -0.4 is 5.73 Å². The molecule has 1 fully saturated rings. The Hall–Kier alpha value is -0.120. The SMILES string of the molecule is CC1CC(C)CC(CN)(OCCO)C1. The van der Waals surface area contributed by atoms with E-state index in [1.165, 1.54) is 6.42 Å². The van der Waals surface area contributed by atoms with Crippen LogP contribution in [-0.2, 0) is 4.74 Å². The molecule has 2 unspecified atom stereocenters. The number of rotatable bonds is 4. The molecule has 1 aliphatic rings. The summed E-state index contributed by atoms with van der Waals surface area (Å²) in [5, 5.41) is 8.77. The van der Waals surface area contributed by atoms with Crippen LogP contribution in [0.1, 0.15) is 33.1 Å². The first-order valence-electron chi connectivity index (χ1n) is 5.57. The molecule has 0 spiro atoms. The fourth-order valence-electron chi connectivity index (χ4n) is 2.81. The van der Waals surface area contributed by atoms with Crippen molar-refractivity contribution in [2.45, 2.75) is 38.7 Å². The maximum atomic E-state index is 8.77. The van der Waals surface area contributed by atoms with E-state index in [-0.39, 0.29) is 12.2 Å².